The molecule has 3 aromatic carbocycles. The topological polar surface area (TPSA) is 80.0 Å². The van der Waals surface area contributed by atoms with Crippen LogP contribution in [0.15, 0.2) is 91.1 Å². The van der Waals surface area contributed by atoms with Gasteiger partial charge in [-0.2, -0.15) is 0 Å². The standard InChI is InChI=1S/C23H19ClN4O2/c24-15-22(29)25-19-11-13-20(14-12-19)28-16-21(26-27-28)23(30,17-7-3-1-4-8-17)18-9-5-2-6-10-18/h1-14,16,30H,15H2,(H,25,29). The van der Waals surface area contributed by atoms with Crippen molar-refractivity contribution < 1.29 is 9.90 Å². The molecule has 0 bridgehead atoms. The van der Waals surface area contributed by atoms with Crippen LogP contribution in [0.5, 0.6) is 0 Å². The highest BCUT2D eigenvalue weighted by Crippen LogP contribution is 2.35. The summed E-state index contributed by atoms with van der Waals surface area (Å²) in [4.78, 5) is 11.4. The Hall–Kier alpha value is -3.48. The normalized spacial score (nSPS) is 11.3. The predicted molar refractivity (Wildman–Crippen MR) is 116 cm³/mol. The van der Waals surface area contributed by atoms with E-state index in [1.54, 1.807) is 35.1 Å². The second-order valence-corrected chi connectivity index (χ2v) is 6.99. The van der Waals surface area contributed by atoms with Gasteiger partial charge in [0.1, 0.15) is 11.6 Å². The number of aliphatic hydroxyl groups is 1. The summed E-state index contributed by atoms with van der Waals surface area (Å²) in [5.41, 5.74) is 1.72. The van der Waals surface area contributed by atoms with Crippen LogP contribution in [0, 0.1) is 0 Å². The number of rotatable bonds is 6. The van der Waals surface area contributed by atoms with Crippen molar-refractivity contribution >= 4 is 23.2 Å². The maximum Gasteiger partial charge on any atom is 0.239 e. The van der Waals surface area contributed by atoms with E-state index in [9.17, 15) is 9.90 Å². The third-order valence-corrected chi connectivity index (χ3v) is 5.03. The molecule has 0 aliphatic rings. The zero-order chi connectivity index (χ0) is 21.0. The summed E-state index contributed by atoms with van der Waals surface area (Å²) in [6.07, 6.45) is 1.70. The average molecular weight is 419 g/mol. The lowest BCUT2D eigenvalue weighted by Gasteiger charge is -2.27. The summed E-state index contributed by atoms with van der Waals surface area (Å²) in [6, 6.07) is 25.8. The summed E-state index contributed by atoms with van der Waals surface area (Å²) in [6.45, 7) is 0. The molecule has 1 amide bonds. The lowest BCUT2D eigenvalue weighted by molar-refractivity contribution is -0.113. The first-order valence-electron chi connectivity index (χ1n) is 9.34. The van der Waals surface area contributed by atoms with Crippen molar-refractivity contribution in [2.75, 3.05) is 11.2 Å². The van der Waals surface area contributed by atoms with E-state index in [1.165, 1.54) is 0 Å². The minimum atomic E-state index is -1.45. The lowest BCUT2D eigenvalue weighted by atomic mass is 9.84. The van der Waals surface area contributed by atoms with Crippen LogP contribution in [0.2, 0.25) is 0 Å². The van der Waals surface area contributed by atoms with Crippen molar-refractivity contribution in [2.24, 2.45) is 0 Å². The van der Waals surface area contributed by atoms with Gasteiger partial charge in [-0.25, -0.2) is 4.68 Å². The van der Waals surface area contributed by atoms with Crippen LogP contribution < -0.4 is 5.32 Å². The molecule has 2 N–H and O–H groups in total. The lowest BCUT2D eigenvalue weighted by Crippen LogP contribution is -2.29. The van der Waals surface area contributed by atoms with E-state index in [4.69, 9.17) is 11.6 Å². The fourth-order valence-electron chi connectivity index (χ4n) is 3.27. The maximum absolute atomic E-state index is 11.8. The number of amides is 1. The zero-order valence-corrected chi connectivity index (χ0v) is 16.7. The Labute approximate surface area is 178 Å². The molecule has 1 heterocycles. The van der Waals surface area contributed by atoms with Gasteiger partial charge in [0, 0.05) is 5.69 Å². The molecule has 4 rings (SSSR count). The Morgan fingerprint density at radius 1 is 0.933 bits per heavy atom. The minimum Gasteiger partial charge on any atom is -0.374 e. The van der Waals surface area contributed by atoms with E-state index >= 15 is 0 Å². The quantitative estimate of drug-likeness (QED) is 0.467. The molecule has 6 nitrogen and oxygen atoms in total. The van der Waals surface area contributed by atoms with Gasteiger partial charge in [0.25, 0.3) is 0 Å². The maximum atomic E-state index is 11.8. The van der Waals surface area contributed by atoms with E-state index in [1.807, 2.05) is 60.7 Å². The molecule has 0 radical (unpaired) electrons. The fraction of sp³-hybridized carbons (Fsp3) is 0.0870. The number of hydrogen-bond donors (Lipinski definition) is 2. The number of benzene rings is 3. The Kier molecular flexibility index (Phi) is 5.61. The monoisotopic (exact) mass is 418 g/mol. The molecule has 0 spiro atoms. The van der Waals surface area contributed by atoms with Crippen LogP contribution in [0.1, 0.15) is 16.8 Å². The van der Waals surface area contributed by atoms with E-state index < -0.39 is 5.60 Å². The van der Waals surface area contributed by atoms with Crippen LogP contribution >= 0.6 is 11.6 Å². The highest BCUT2D eigenvalue weighted by Gasteiger charge is 2.36. The third-order valence-electron chi connectivity index (χ3n) is 4.78. The number of carbonyl (C=O) groups is 1. The molecule has 4 aromatic rings. The number of nitrogens with one attached hydrogen (secondary N) is 1. The van der Waals surface area contributed by atoms with Gasteiger partial charge in [-0.15, -0.1) is 16.7 Å². The van der Waals surface area contributed by atoms with Crippen molar-refractivity contribution in [3.05, 3.63) is 108 Å². The van der Waals surface area contributed by atoms with Crippen molar-refractivity contribution in [1.82, 2.24) is 15.0 Å². The van der Waals surface area contributed by atoms with Crippen LogP contribution in [0.3, 0.4) is 0 Å². The molecule has 0 aliphatic carbocycles. The molecule has 0 unspecified atom stereocenters. The van der Waals surface area contributed by atoms with Crippen LogP contribution in [-0.2, 0) is 10.4 Å². The van der Waals surface area contributed by atoms with Gasteiger partial charge in [0.15, 0.2) is 5.60 Å². The van der Waals surface area contributed by atoms with Crippen molar-refractivity contribution in [3.8, 4) is 5.69 Å². The van der Waals surface area contributed by atoms with E-state index in [2.05, 4.69) is 15.6 Å². The van der Waals surface area contributed by atoms with Gasteiger partial charge in [-0.3, -0.25) is 4.79 Å². The first-order chi connectivity index (χ1) is 14.6. The van der Waals surface area contributed by atoms with Gasteiger partial charge in [0.05, 0.1) is 11.9 Å². The van der Waals surface area contributed by atoms with Gasteiger partial charge in [-0.1, -0.05) is 65.9 Å². The van der Waals surface area contributed by atoms with Gasteiger partial charge in [0.2, 0.25) is 5.91 Å². The largest absolute Gasteiger partial charge is 0.374 e. The molecule has 150 valence electrons. The van der Waals surface area contributed by atoms with Gasteiger partial charge >= 0.3 is 0 Å². The van der Waals surface area contributed by atoms with E-state index in [-0.39, 0.29) is 11.8 Å². The highest BCUT2D eigenvalue weighted by atomic mass is 35.5. The Morgan fingerprint density at radius 3 is 2.03 bits per heavy atom. The summed E-state index contributed by atoms with van der Waals surface area (Å²) in [7, 11) is 0. The molecular weight excluding hydrogens is 400 g/mol. The second kappa shape index (κ2) is 8.49. The van der Waals surface area contributed by atoms with Gasteiger partial charge < -0.3 is 10.4 Å². The third kappa shape index (κ3) is 3.83. The molecule has 30 heavy (non-hydrogen) atoms. The SMILES string of the molecule is O=C(CCl)Nc1ccc(-n2cc(C(O)(c3ccccc3)c3ccccc3)nn2)cc1. The molecule has 0 saturated carbocycles. The molecule has 0 aliphatic heterocycles. The van der Waals surface area contributed by atoms with E-state index in [0.717, 1.165) is 5.69 Å². The number of anilines is 1. The summed E-state index contributed by atoms with van der Waals surface area (Å²) in [5, 5.41) is 23.0. The minimum absolute atomic E-state index is 0.105. The predicted octanol–water partition coefficient (Wildman–Crippen LogP) is 3.73. The Bertz CT molecular complexity index is 1090. The first-order valence-corrected chi connectivity index (χ1v) is 9.87. The number of hydrogen-bond acceptors (Lipinski definition) is 4. The smallest absolute Gasteiger partial charge is 0.239 e. The van der Waals surface area contributed by atoms with Crippen molar-refractivity contribution in [3.63, 3.8) is 0 Å². The van der Waals surface area contributed by atoms with Crippen molar-refractivity contribution in [2.45, 2.75) is 5.60 Å². The summed E-state index contributed by atoms with van der Waals surface area (Å²) >= 11 is 5.52. The number of nitrogens with zero attached hydrogens (tertiary/aromatic N) is 3. The first kappa shape index (κ1) is 19.8. The fourth-order valence-corrected chi connectivity index (χ4v) is 3.34. The molecular formula is C23H19ClN4O2. The van der Waals surface area contributed by atoms with Crippen LogP contribution in [0.25, 0.3) is 5.69 Å². The highest BCUT2D eigenvalue weighted by molar-refractivity contribution is 6.29. The number of alkyl halides is 1. The van der Waals surface area contributed by atoms with E-state index in [0.29, 0.717) is 22.5 Å². The Morgan fingerprint density at radius 2 is 1.50 bits per heavy atom. The van der Waals surface area contributed by atoms with Crippen molar-refractivity contribution in [1.29, 1.82) is 0 Å². The number of halogens is 1. The molecule has 0 fully saturated rings. The average Bonchev–Trinajstić information content (AvgIpc) is 3.31. The molecule has 7 heteroatoms. The summed E-state index contributed by atoms with van der Waals surface area (Å²) < 4.78 is 1.58. The number of carbonyl (C=O) groups excluding carboxylic acids is 1. The zero-order valence-electron chi connectivity index (χ0n) is 15.9. The second-order valence-electron chi connectivity index (χ2n) is 6.72. The molecule has 1 aromatic heterocycles. The number of aromatic nitrogens is 3. The Balaban J connectivity index is 1.71. The molecule has 0 atom stereocenters. The van der Waals surface area contributed by atoms with Crippen LogP contribution in [0.4, 0.5) is 5.69 Å². The van der Waals surface area contributed by atoms with Crippen LogP contribution in [-0.4, -0.2) is 31.9 Å². The van der Waals surface area contributed by atoms with Gasteiger partial charge in [-0.05, 0) is 35.4 Å². The molecule has 0 saturated heterocycles. The summed E-state index contributed by atoms with van der Waals surface area (Å²) in [5.74, 6) is -0.380.